The lowest BCUT2D eigenvalue weighted by Crippen LogP contribution is -2.38. The van der Waals surface area contributed by atoms with Crippen molar-refractivity contribution in [2.75, 3.05) is 19.7 Å². The van der Waals surface area contributed by atoms with E-state index in [0.29, 0.717) is 6.10 Å². The maximum Gasteiger partial charge on any atom is 0.0700 e. The fraction of sp³-hybridized carbons (Fsp3) is 1.00. The van der Waals surface area contributed by atoms with Crippen LogP contribution in [0.2, 0.25) is 0 Å². The van der Waals surface area contributed by atoms with Crippen molar-refractivity contribution in [1.82, 2.24) is 11.5 Å². The smallest absolute Gasteiger partial charge is 0.0700 e. The predicted octanol–water partition coefficient (Wildman–Crippen LogP) is 4.87. The largest absolute Gasteiger partial charge is 0.376 e. The maximum atomic E-state index is 5.70. The Morgan fingerprint density at radius 1 is 0.900 bits per heavy atom. The van der Waals surface area contributed by atoms with Gasteiger partial charge in [0.25, 0.3) is 0 Å². The minimum Gasteiger partial charge on any atom is -0.376 e. The van der Waals surface area contributed by atoms with Crippen molar-refractivity contribution < 1.29 is 4.74 Å². The molecule has 0 aliphatic carbocycles. The summed E-state index contributed by atoms with van der Waals surface area (Å²) in [6, 6.07) is 0. The first kappa shape index (κ1) is 22.5. The van der Waals surface area contributed by atoms with Gasteiger partial charge in [-0.3, -0.25) is 0 Å². The van der Waals surface area contributed by atoms with E-state index in [-0.39, 0.29) is 18.6 Å². The Morgan fingerprint density at radius 3 is 1.95 bits per heavy atom. The molecule has 1 saturated heterocycles. The Bertz CT molecular complexity index is 176. The van der Waals surface area contributed by atoms with E-state index < -0.39 is 0 Å². The van der Waals surface area contributed by atoms with E-state index in [1.165, 1.54) is 70.6 Å². The highest BCUT2D eigenvalue weighted by Crippen LogP contribution is 2.13. The van der Waals surface area contributed by atoms with Crippen molar-refractivity contribution >= 4 is 12.4 Å². The van der Waals surface area contributed by atoms with Crippen LogP contribution in [0.15, 0.2) is 0 Å². The van der Waals surface area contributed by atoms with Crippen LogP contribution >= 0.6 is 12.4 Å². The van der Waals surface area contributed by atoms with Crippen molar-refractivity contribution in [2.24, 2.45) is 0 Å². The van der Waals surface area contributed by atoms with E-state index in [1.807, 2.05) is 0 Å². The number of unbranched alkanes of at least 4 members (excludes halogenated alkanes) is 9. The number of halogens is 1. The van der Waals surface area contributed by atoms with Gasteiger partial charge in [0, 0.05) is 13.1 Å². The molecule has 0 saturated carbocycles. The van der Waals surface area contributed by atoms with E-state index in [9.17, 15) is 0 Å². The Hall–Kier alpha value is 0.170. The zero-order valence-corrected chi connectivity index (χ0v) is 14.3. The van der Waals surface area contributed by atoms with Crippen LogP contribution in [0.1, 0.15) is 77.6 Å². The summed E-state index contributed by atoms with van der Waals surface area (Å²) in [7, 11) is 0. The molecule has 4 heteroatoms. The molecule has 20 heavy (non-hydrogen) atoms. The average Bonchev–Trinajstić information content (AvgIpc) is 2.42. The van der Waals surface area contributed by atoms with Gasteiger partial charge in [0.05, 0.1) is 12.7 Å². The van der Waals surface area contributed by atoms with Crippen LogP contribution in [0.4, 0.5) is 0 Å². The molecule has 0 amide bonds. The molecule has 0 bridgehead atoms. The van der Waals surface area contributed by atoms with E-state index in [0.717, 1.165) is 19.7 Å². The van der Waals surface area contributed by atoms with Crippen LogP contribution in [0.25, 0.3) is 0 Å². The highest BCUT2D eigenvalue weighted by molar-refractivity contribution is 5.85. The molecule has 1 aliphatic heterocycles. The van der Waals surface area contributed by atoms with Crippen molar-refractivity contribution in [3.05, 3.63) is 0 Å². The lowest BCUT2D eigenvalue weighted by Gasteiger charge is -2.23. The Labute approximate surface area is 132 Å². The summed E-state index contributed by atoms with van der Waals surface area (Å²) in [5.41, 5.74) is 0. The molecule has 0 aromatic heterocycles. The second-order valence-corrected chi connectivity index (χ2v) is 5.67. The van der Waals surface area contributed by atoms with Gasteiger partial charge in [-0.2, -0.15) is 0 Å². The number of nitrogens with one attached hydrogen (secondary N) is 1. The average molecular weight is 309 g/mol. The molecule has 4 N–H and O–H groups in total. The van der Waals surface area contributed by atoms with Crippen molar-refractivity contribution in [2.45, 2.75) is 83.7 Å². The number of hydrogen-bond donors (Lipinski definition) is 2. The summed E-state index contributed by atoms with van der Waals surface area (Å²) in [5.74, 6) is 0. The van der Waals surface area contributed by atoms with Gasteiger partial charge in [0.15, 0.2) is 0 Å². The molecule has 1 fully saturated rings. The van der Waals surface area contributed by atoms with Gasteiger partial charge >= 0.3 is 0 Å². The van der Waals surface area contributed by atoms with Gasteiger partial charge in [-0.05, 0) is 6.42 Å². The normalized spacial score (nSPS) is 18.1. The first-order valence-electron chi connectivity index (χ1n) is 8.26. The molecule has 3 nitrogen and oxygen atoms in total. The number of morpholine rings is 1. The Kier molecular flexibility index (Phi) is 19.3. The van der Waals surface area contributed by atoms with E-state index >= 15 is 0 Å². The summed E-state index contributed by atoms with van der Waals surface area (Å²) in [6.07, 6.45) is 15.9. The van der Waals surface area contributed by atoms with Crippen LogP contribution < -0.4 is 11.5 Å². The Balaban J connectivity index is 0. The number of rotatable bonds is 11. The predicted molar refractivity (Wildman–Crippen MR) is 91.3 cm³/mol. The van der Waals surface area contributed by atoms with Crippen LogP contribution in [0.3, 0.4) is 0 Å². The topological polar surface area (TPSA) is 56.3 Å². The number of ether oxygens (including phenoxy) is 1. The summed E-state index contributed by atoms with van der Waals surface area (Å²) in [4.78, 5) is 0. The maximum absolute atomic E-state index is 5.70. The summed E-state index contributed by atoms with van der Waals surface area (Å²) < 4.78 is 5.70. The molecule has 1 atom stereocenters. The van der Waals surface area contributed by atoms with Crippen molar-refractivity contribution in [3.8, 4) is 0 Å². The quantitative estimate of drug-likeness (QED) is 0.535. The molecule has 0 radical (unpaired) electrons. The highest BCUT2D eigenvalue weighted by Gasteiger charge is 2.11. The second-order valence-electron chi connectivity index (χ2n) is 5.67. The minimum atomic E-state index is 0. The van der Waals surface area contributed by atoms with Crippen LogP contribution in [0, 0.1) is 0 Å². The minimum absolute atomic E-state index is 0. The third-order valence-corrected chi connectivity index (χ3v) is 3.88. The molecule has 1 rings (SSSR count). The van der Waals surface area contributed by atoms with Crippen LogP contribution in [0.5, 0.6) is 0 Å². The third kappa shape index (κ3) is 13.2. The molecule has 0 spiro atoms. The van der Waals surface area contributed by atoms with Gasteiger partial charge in [-0.1, -0.05) is 71.1 Å². The molecule has 0 aromatic rings. The lowest BCUT2D eigenvalue weighted by molar-refractivity contribution is 0.0220. The fourth-order valence-electron chi connectivity index (χ4n) is 2.66. The SMILES string of the molecule is CCCCCCCCCCCCC1CNCCO1.Cl.N. The van der Waals surface area contributed by atoms with Crippen molar-refractivity contribution in [1.29, 1.82) is 0 Å². The second kappa shape index (κ2) is 17.2. The molecule has 0 aromatic carbocycles. The van der Waals surface area contributed by atoms with E-state index in [1.54, 1.807) is 0 Å². The van der Waals surface area contributed by atoms with Gasteiger partial charge in [0.1, 0.15) is 0 Å². The molecular weight excluding hydrogens is 272 g/mol. The van der Waals surface area contributed by atoms with Gasteiger partial charge < -0.3 is 16.2 Å². The zero-order valence-electron chi connectivity index (χ0n) is 13.5. The van der Waals surface area contributed by atoms with Gasteiger partial charge in [0.2, 0.25) is 0 Å². The van der Waals surface area contributed by atoms with E-state index in [2.05, 4.69) is 12.2 Å². The first-order chi connectivity index (χ1) is 8.93. The van der Waals surface area contributed by atoms with Crippen LogP contribution in [-0.2, 0) is 4.74 Å². The highest BCUT2D eigenvalue weighted by atomic mass is 35.5. The van der Waals surface area contributed by atoms with Gasteiger partial charge in [-0.15, -0.1) is 12.4 Å². The lowest BCUT2D eigenvalue weighted by atomic mass is 10.0. The molecular formula is C16H37ClN2O. The van der Waals surface area contributed by atoms with E-state index in [4.69, 9.17) is 4.74 Å². The summed E-state index contributed by atoms with van der Waals surface area (Å²) in [5, 5.41) is 3.40. The molecule has 1 heterocycles. The standard InChI is InChI=1S/C16H33NO.ClH.H3N/c1-2-3-4-5-6-7-8-9-10-11-12-16-15-17-13-14-18-16;;/h16-17H,2-15H2,1H3;1H;1H3. The van der Waals surface area contributed by atoms with Crippen molar-refractivity contribution in [3.63, 3.8) is 0 Å². The molecule has 1 aliphatic rings. The first-order valence-corrected chi connectivity index (χ1v) is 8.26. The Morgan fingerprint density at radius 2 is 1.45 bits per heavy atom. The van der Waals surface area contributed by atoms with Crippen LogP contribution in [-0.4, -0.2) is 25.8 Å². The zero-order chi connectivity index (χ0) is 12.9. The summed E-state index contributed by atoms with van der Waals surface area (Å²) in [6.45, 7) is 5.29. The third-order valence-electron chi connectivity index (χ3n) is 3.88. The fourth-order valence-corrected chi connectivity index (χ4v) is 2.66. The molecule has 124 valence electrons. The molecule has 1 unspecified atom stereocenters. The van der Waals surface area contributed by atoms with Gasteiger partial charge in [-0.25, -0.2) is 0 Å². The number of hydrogen-bond acceptors (Lipinski definition) is 3. The summed E-state index contributed by atoms with van der Waals surface area (Å²) >= 11 is 0. The monoisotopic (exact) mass is 308 g/mol.